The van der Waals surface area contributed by atoms with E-state index >= 15 is 0 Å². The molecule has 1 aromatic heterocycles. The number of benzene rings is 1. The van der Waals surface area contributed by atoms with Crippen LogP contribution >= 0.6 is 11.6 Å². The van der Waals surface area contributed by atoms with Gasteiger partial charge in [0, 0.05) is 6.54 Å². The minimum absolute atomic E-state index is 0.0814. The standard InChI is InChI=1S/C12H8ClF4N3O/c13-10-9(5-19-20-11(10)21)18-4-6-1-2-7(14)3-8(6)12(15,16)17/h1-3,5H,4H2,(H2,18,20,21). The molecule has 0 aliphatic carbocycles. The van der Waals surface area contributed by atoms with Gasteiger partial charge in [0.15, 0.2) is 0 Å². The second-order valence-electron chi connectivity index (χ2n) is 4.08. The lowest BCUT2D eigenvalue weighted by Crippen LogP contribution is -2.15. The van der Waals surface area contributed by atoms with Gasteiger partial charge in [0.25, 0.3) is 5.56 Å². The molecule has 0 bridgehead atoms. The van der Waals surface area contributed by atoms with Crippen molar-refractivity contribution in [2.24, 2.45) is 0 Å². The summed E-state index contributed by atoms with van der Waals surface area (Å²) < 4.78 is 51.4. The quantitative estimate of drug-likeness (QED) is 0.854. The summed E-state index contributed by atoms with van der Waals surface area (Å²) in [6, 6.07) is 2.35. The Morgan fingerprint density at radius 1 is 1.33 bits per heavy atom. The second kappa shape index (κ2) is 5.72. The first-order valence-electron chi connectivity index (χ1n) is 5.61. The first-order valence-corrected chi connectivity index (χ1v) is 5.99. The van der Waals surface area contributed by atoms with E-state index in [0.29, 0.717) is 6.07 Å². The minimum atomic E-state index is -4.69. The van der Waals surface area contributed by atoms with Crippen molar-refractivity contribution in [2.45, 2.75) is 12.7 Å². The normalized spacial score (nSPS) is 11.5. The van der Waals surface area contributed by atoms with Gasteiger partial charge in [-0.15, -0.1) is 0 Å². The van der Waals surface area contributed by atoms with Crippen LogP contribution < -0.4 is 10.9 Å². The Hall–Kier alpha value is -2.09. The van der Waals surface area contributed by atoms with E-state index in [9.17, 15) is 22.4 Å². The van der Waals surface area contributed by atoms with Gasteiger partial charge in [0.05, 0.1) is 17.4 Å². The zero-order valence-electron chi connectivity index (χ0n) is 10.3. The van der Waals surface area contributed by atoms with Crippen molar-refractivity contribution in [3.8, 4) is 0 Å². The molecule has 9 heteroatoms. The molecular weight excluding hydrogens is 314 g/mol. The fourth-order valence-corrected chi connectivity index (χ4v) is 1.82. The number of hydrogen-bond acceptors (Lipinski definition) is 3. The summed E-state index contributed by atoms with van der Waals surface area (Å²) in [6.07, 6.45) is -3.52. The number of hydrogen-bond donors (Lipinski definition) is 2. The van der Waals surface area contributed by atoms with Crippen molar-refractivity contribution in [1.82, 2.24) is 10.2 Å². The van der Waals surface area contributed by atoms with E-state index in [1.54, 1.807) is 0 Å². The third-order valence-corrected chi connectivity index (χ3v) is 3.02. The van der Waals surface area contributed by atoms with Crippen LogP contribution in [0, 0.1) is 5.82 Å². The first kappa shape index (κ1) is 15.3. The molecule has 4 nitrogen and oxygen atoms in total. The Balaban J connectivity index is 2.28. The molecule has 0 atom stereocenters. The Kier molecular flexibility index (Phi) is 4.17. The Morgan fingerprint density at radius 2 is 2.05 bits per heavy atom. The molecule has 1 heterocycles. The van der Waals surface area contributed by atoms with Crippen molar-refractivity contribution < 1.29 is 17.6 Å². The number of rotatable bonds is 3. The predicted octanol–water partition coefficient (Wildman–Crippen LogP) is 3.19. The largest absolute Gasteiger partial charge is 0.416 e. The SMILES string of the molecule is O=c1[nH]ncc(NCc2ccc(F)cc2C(F)(F)F)c1Cl. The maximum absolute atomic E-state index is 13.0. The highest BCUT2D eigenvalue weighted by Crippen LogP contribution is 2.33. The van der Waals surface area contributed by atoms with E-state index in [0.717, 1.165) is 12.1 Å². The van der Waals surface area contributed by atoms with Gasteiger partial charge in [-0.05, 0) is 17.7 Å². The fraction of sp³-hybridized carbons (Fsp3) is 0.167. The molecule has 0 saturated carbocycles. The summed E-state index contributed by atoms with van der Waals surface area (Å²) in [7, 11) is 0. The lowest BCUT2D eigenvalue weighted by molar-refractivity contribution is -0.138. The number of anilines is 1. The molecule has 0 aliphatic heterocycles. The third kappa shape index (κ3) is 3.52. The van der Waals surface area contributed by atoms with Crippen LogP contribution in [-0.2, 0) is 12.7 Å². The fourth-order valence-electron chi connectivity index (χ4n) is 1.66. The average Bonchev–Trinajstić information content (AvgIpc) is 2.40. The number of H-pyrrole nitrogens is 1. The van der Waals surface area contributed by atoms with Crippen LogP contribution in [-0.4, -0.2) is 10.2 Å². The summed E-state index contributed by atoms with van der Waals surface area (Å²) in [4.78, 5) is 11.2. The van der Waals surface area contributed by atoms with Crippen LogP contribution in [0.4, 0.5) is 23.2 Å². The van der Waals surface area contributed by atoms with E-state index in [2.05, 4.69) is 15.5 Å². The van der Waals surface area contributed by atoms with Crippen molar-refractivity contribution >= 4 is 17.3 Å². The molecule has 2 rings (SSSR count). The van der Waals surface area contributed by atoms with Crippen LogP contribution in [0.2, 0.25) is 5.02 Å². The molecule has 2 N–H and O–H groups in total. The van der Waals surface area contributed by atoms with Crippen LogP contribution in [0.15, 0.2) is 29.2 Å². The summed E-state index contributed by atoms with van der Waals surface area (Å²) in [5.41, 5.74) is -1.86. The van der Waals surface area contributed by atoms with Gasteiger partial charge in [-0.2, -0.15) is 18.3 Å². The summed E-state index contributed by atoms with van der Waals surface area (Å²) >= 11 is 5.69. The minimum Gasteiger partial charge on any atom is -0.378 e. The van der Waals surface area contributed by atoms with Crippen molar-refractivity contribution in [2.75, 3.05) is 5.32 Å². The van der Waals surface area contributed by atoms with Crippen LogP contribution in [0.5, 0.6) is 0 Å². The van der Waals surface area contributed by atoms with E-state index < -0.39 is 23.1 Å². The highest BCUT2D eigenvalue weighted by atomic mass is 35.5. The second-order valence-corrected chi connectivity index (χ2v) is 4.46. The van der Waals surface area contributed by atoms with Gasteiger partial charge in [-0.1, -0.05) is 17.7 Å². The molecule has 0 unspecified atom stereocenters. The molecule has 0 spiro atoms. The maximum Gasteiger partial charge on any atom is 0.416 e. The molecule has 0 aliphatic rings. The number of alkyl halides is 3. The smallest absolute Gasteiger partial charge is 0.378 e. The molecule has 1 aromatic carbocycles. The topological polar surface area (TPSA) is 57.8 Å². The molecule has 0 saturated heterocycles. The van der Waals surface area contributed by atoms with Gasteiger partial charge in [-0.3, -0.25) is 4.79 Å². The van der Waals surface area contributed by atoms with E-state index in [-0.39, 0.29) is 22.8 Å². The number of aromatic amines is 1. The maximum atomic E-state index is 13.0. The Bertz CT molecular complexity index is 714. The van der Waals surface area contributed by atoms with Crippen LogP contribution in [0.3, 0.4) is 0 Å². The zero-order valence-corrected chi connectivity index (χ0v) is 11.0. The van der Waals surface area contributed by atoms with Crippen molar-refractivity contribution in [1.29, 1.82) is 0 Å². The van der Waals surface area contributed by atoms with Gasteiger partial charge in [0.1, 0.15) is 10.8 Å². The number of halogens is 5. The highest BCUT2D eigenvalue weighted by Gasteiger charge is 2.33. The molecule has 2 aromatic rings. The Labute approximate surface area is 120 Å². The molecule has 0 amide bonds. The predicted molar refractivity (Wildman–Crippen MR) is 68.6 cm³/mol. The lowest BCUT2D eigenvalue weighted by Gasteiger charge is -2.14. The van der Waals surface area contributed by atoms with E-state index in [1.165, 1.54) is 6.20 Å². The van der Waals surface area contributed by atoms with Crippen molar-refractivity contribution in [3.05, 3.63) is 56.7 Å². The van der Waals surface area contributed by atoms with Gasteiger partial charge < -0.3 is 5.32 Å². The van der Waals surface area contributed by atoms with E-state index in [1.807, 2.05) is 0 Å². The van der Waals surface area contributed by atoms with Gasteiger partial charge in [-0.25, -0.2) is 9.49 Å². The molecule has 21 heavy (non-hydrogen) atoms. The average molecular weight is 322 g/mol. The van der Waals surface area contributed by atoms with Crippen LogP contribution in [0.1, 0.15) is 11.1 Å². The number of nitrogens with one attached hydrogen (secondary N) is 2. The number of nitrogens with zero attached hydrogens (tertiary/aromatic N) is 1. The summed E-state index contributed by atoms with van der Waals surface area (Å²) in [5, 5.41) is 7.89. The third-order valence-electron chi connectivity index (χ3n) is 2.64. The molecule has 0 fully saturated rings. The first-order chi connectivity index (χ1) is 9.79. The van der Waals surface area contributed by atoms with Gasteiger partial charge in [0.2, 0.25) is 0 Å². The summed E-state index contributed by atoms with van der Waals surface area (Å²) in [6.45, 7) is -0.292. The van der Waals surface area contributed by atoms with Crippen molar-refractivity contribution in [3.63, 3.8) is 0 Å². The van der Waals surface area contributed by atoms with E-state index in [4.69, 9.17) is 11.6 Å². The monoisotopic (exact) mass is 321 g/mol. The summed E-state index contributed by atoms with van der Waals surface area (Å²) in [5.74, 6) is -0.984. The molecule has 0 radical (unpaired) electrons. The Morgan fingerprint density at radius 3 is 2.71 bits per heavy atom. The van der Waals surface area contributed by atoms with Gasteiger partial charge >= 0.3 is 6.18 Å². The number of aromatic nitrogens is 2. The van der Waals surface area contributed by atoms with Crippen LogP contribution in [0.25, 0.3) is 0 Å². The molecular formula is C12H8ClF4N3O. The lowest BCUT2D eigenvalue weighted by atomic mass is 10.1. The highest BCUT2D eigenvalue weighted by molar-refractivity contribution is 6.32. The molecule has 112 valence electrons. The zero-order chi connectivity index (χ0) is 15.6.